The predicted molar refractivity (Wildman–Crippen MR) is 147 cm³/mol. The van der Waals surface area contributed by atoms with Crippen molar-refractivity contribution in [1.82, 2.24) is 0 Å². The predicted octanol–water partition coefficient (Wildman–Crippen LogP) is 7.43. The first kappa shape index (κ1) is 27.9. The lowest BCUT2D eigenvalue weighted by molar-refractivity contribution is 0.387. The summed E-state index contributed by atoms with van der Waals surface area (Å²) in [5.74, 6) is 0.735. The van der Waals surface area contributed by atoms with Crippen LogP contribution in [0.3, 0.4) is 0 Å². The van der Waals surface area contributed by atoms with Crippen molar-refractivity contribution in [2.45, 2.75) is 90.9 Å². The highest BCUT2D eigenvalue weighted by Gasteiger charge is 2.39. The molecule has 0 saturated heterocycles. The minimum Gasteiger partial charge on any atom is -0.508 e. The zero-order chi connectivity index (χ0) is 24.9. The molecule has 2 N–H and O–H groups in total. The van der Waals surface area contributed by atoms with Gasteiger partial charge in [-0.2, -0.15) is 0 Å². The molecule has 0 aliphatic rings. The summed E-state index contributed by atoms with van der Waals surface area (Å²) in [6.45, 7) is 17.6. The number of phenolic OH excluding ortho intramolecular Hbond substituents is 2. The quantitative estimate of drug-likeness (QED) is 0.295. The van der Waals surface area contributed by atoms with Gasteiger partial charge in [0.1, 0.15) is 11.5 Å². The Morgan fingerprint density at radius 1 is 0.636 bits per heavy atom. The van der Waals surface area contributed by atoms with E-state index in [1.54, 1.807) is 12.1 Å². The summed E-state index contributed by atoms with van der Waals surface area (Å²) >= 11 is 0. The van der Waals surface area contributed by atoms with Gasteiger partial charge in [0.25, 0.3) is 0 Å². The summed E-state index contributed by atoms with van der Waals surface area (Å²) in [6, 6.07) is 14.0. The highest BCUT2D eigenvalue weighted by Crippen LogP contribution is 2.28. The third kappa shape index (κ3) is 9.78. The molecule has 2 rings (SSSR count). The standard InChI is InChI=1S/C26H44O4Si3/c1-21-19-23(13-15-25(21)27)11-9-17-31(3,4)29-33(7,8)30-32(5,6)18-10-12-24-14-16-26(28)22(2)20-24/h13-16,19-20,27-28H,9-12,17-18H2,1-8H3. The summed E-state index contributed by atoms with van der Waals surface area (Å²) < 4.78 is 13.5. The topological polar surface area (TPSA) is 58.9 Å². The number of hydrogen-bond donors (Lipinski definition) is 2. The molecule has 2 aromatic rings. The van der Waals surface area contributed by atoms with Gasteiger partial charge in [0.05, 0.1) is 0 Å². The molecule has 0 spiro atoms. The van der Waals surface area contributed by atoms with Crippen LogP contribution in [0.5, 0.6) is 11.5 Å². The van der Waals surface area contributed by atoms with Crippen LogP contribution in [-0.4, -0.2) is 35.4 Å². The molecule has 33 heavy (non-hydrogen) atoms. The van der Waals surface area contributed by atoms with Crippen molar-refractivity contribution in [1.29, 1.82) is 0 Å². The van der Waals surface area contributed by atoms with Gasteiger partial charge >= 0.3 is 8.56 Å². The van der Waals surface area contributed by atoms with Gasteiger partial charge in [0, 0.05) is 0 Å². The SMILES string of the molecule is Cc1cc(CCC[Si](C)(C)O[Si](C)(C)O[Si](C)(C)CCCc2ccc(O)c(C)c2)ccc1O. The van der Waals surface area contributed by atoms with Crippen LogP contribution in [0, 0.1) is 13.8 Å². The van der Waals surface area contributed by atoms with Crippen LogP contribution in [0.4, 0.5) is 0 Å². The Balaban J connectivity index is 1.82. The summed E-state index contributed by atoms with van der Waals surface area (Å²) in [6.07, 6.45) is 4.23. The van der Waals surface area contributed by atoms with Gasteiger partial charge in [0.2, 0.25) is 0 Å². The van der Waals surface area contributed by atoms with Crippen molar-refractivity contribution in [3.63, 3.8) is 0 Å². The number of aromatic hydroxyl groups is 2. The lowest BCUT2D eigenvalue weighted by Gasteiger charge is -2.39. The molecular formula is C26H44O4Si3. The van der Waals surface area contributed by atoms with Crippen LogP contribution in [0.1, 0.15) is 35.1 Å². The smallest absolute Gasteiger partial charge is 0.311 e. The first-order valence-corrected chi connectivity index (χ1v) is 21.2. The Hall–Kier alpha value is -1.39. The van der Waals surface area contributed by atoms with E-state index in [2.05, 4.69) is 51.4 Å². The van der Waals surface area contributed by atoms with Crippen molar-refractivity contribution >= 4 is 25.2 Å². The lowest BCUT2D eigenvalue weighted by atomic mass is 10.1. The van der Waals surface area contributed by atoms with Crippen LogP contribution in [0.25, 0.3) is 0 Å². The van der Waals surface area contributed by atoms with E-state index in [0.717, 1.165) is 48.9 Å². The Bertz CT molecular complexity index is 852. The normalized spacial score (nSPS) is 12.8. The molecule has 184 valence electrons. The fourth-order valence-electron chi connectivity index (χ4n) is 4.64. The molecule has 2 aromatic carbocycles. The van der Waals surface area contributed by atoms with Gasteiger partial charge in [-0.15, -0.1) is 0 Å². The molecule has 0 heterocycles. The summed E-state index contributed by atoms with van der Waals surface area (Å²) in [4.78, 5) is 0. The van der Waals surface area contributed by atoms with E-state index in [-0.39, 0.29) is 0 Å². The molecular weight excluding hydrogens is 461 g/mol. The molecule has 4 nitrogen and oxygen atoms in total. The third-order valence-electron chi connectivity index (χ3n) is 6.06. The van der Waals surface area contributed by atoms with Gasteiger partial charge in [-0.05, 0) is 125 Å². The monoisotopic (exact) mass is 504 g/mol. The van der Waals surface area contributed by atoms with E-state index in [0.29, 0.717) is 11.5 Å². The van der Waals surface area contributed by atoms with Crippen LogP contribution in [0.15, 0.2) is 36.4 Å². The first-order valence-electron chi connectivity index (χ1n) is 12.2. The molecule has 7 heteroatoms. The second-order valence-corrected chi connectivity index (χ2v) is 23.5. The zero-order valence-electron chi connectivity index (χ0n) is 21.9. The molecule has 0 aromatic heterocycles. The molecule has 0 aliphatic heterocycles. The maximum atomic E-state index is 9.72. The van der Waals surface area contributed by atoms with E-state index in [4.69, 9.17) is 8.23 Å². The second-order valence-electron chi connectivity index (χ2n) is 11.1. The van der Waals surface area contributed by atoms with Crippen molar-refractivity contribution in [2.75, 3.05) is 0 Å². The molecule has 0 radical (unpaired) electrons. The minimum atomic E-state index is -2.21. The van der Waals surface area contributed by atoms with E-state index < -0.39 is 25.2 Å². The van der Waals surface area contributed by atoms with Crippen molar-refractivity contribution in [2.24, 2.45) is 0 Å². The molecule has 0 aliphatic carbocycles. The molecule has 0 unspecified atom stereocenters. The zero-order valence-corrected chi connectivity index (χ0v) is 24.9. The molecule has 0 fully saturated rings. The Labute approximate surface area is 204 Å². The number of phenols is 2. The minimum absolute atomic E-state index is 0.367. The van der Waals surface area contributed by atoms with E-state index in [1.165, 1.54) is 11.1 Å². The van der Waals surface area contributed by atoms with E-state index >= 15 is 0 Å². The highest BCUT2D eigenvalue weighted by molar-refractivity contribution is 6.87. The maximum Gasteiger partial charge on any atom is 0.311 e. The number of rotatable bonds is 12. The van der Waals surface area contributed by atoms with Crippen LogP contribution in [0.2, 0.25) is 51.4 Å². The van der Waals surface area contributed by atoms with Crippen molar-refractivity contribution in [3.8, 4) is 11.5 Å². The first-order chi connectivity index (χ1) is 15.2. The van der Waals surface area contributed by atoms with E-state index in [9.17, 15) is 10.2 Å². The third-order valence-corrected chi connectivity index (χ3v) is 17.5. The van der Waals surface area contributed by atoms with Crippen LogP contribution in [-0.2, 0) is 21.1 Å². The van der Waals surface area contributed by atoms with Gasteiger partial charge < -0.3 is 18.4 Å². The van der Waals surface area contributed by atoms with E-state index in [1.807, 2.05) is 26.0 Å². The summed E-state index contributed by atoms with van der Waals surface area (Å²) in [7, 11) is -5.86. The van der Waals surface area contributed by atoms with Crippen LogP contribution >= 0.6 is 0 Å². The van der Waals surface area contributed by atoms with Crippen LogP contribution < -0.4 is 0 Å². The largest absolute Gasteiger partial charge is 0.508 e. The maximum absolute atomic E-state index is 9.72. The molecule has 0 atom stereocenters. The second kappa shape index (κ2) is 11.4. The number of benzene rings is 2. The summed E-state index contributed by atoms with van der Waals surface area (Å²) in [5.41, 5.74) is 4.44. The number of hydrogen-bond acceptors (Lipinski definition) is 4. The molecule has 0 saturated carbocycles. The lowest BCUT2D eigenvalue weighted by Crippen LogP contribution is -2.52. The van der Waals surface area contributed by atoms with Gasteiger partial charge in [-0.25, -0.2) is 0 Å². The van der Waals surface area contributed by atoms with Gasteiger partial charge in [-0.1, -0.05) is 24.3 Å². The fraction of sp³-hybridized carbons (Fsp3) is 0.538. The summed E-state index contributed by atoms with van der Waals surface area (Å²) in [5, 5.41) is 19.4. The van der Waals surface area contributed by atoms with Crippen molar-refractivity contribution < 1.29 is 18.4 Å². The average molecular weight is 505 g/mol. The number of aryl methyl sites for hydroxylation is 4. The molecule has 0 bridgehead atoms. The fourth-order valence-corrected chi connectivity index (χ4v) is 18.7. The Kier molecular flexibility index (Phi) is 9.59. The highest BCUT2D eigenvalue weighted by atomic mass is 28.5. The van der Waals surface area contributed by atoms with Gasteiger partial charge in [-0.3, -0.25) is 0 Å². The Morgan fingerprint density at radius 3 is 1.33 bits per heavy atom. The van der Waals surface area contributed by atoms with Gasteiger partial charge in [0.15, 0.2) is 16.6 Å². The average Bonchev–Trinajstić information content (AvgIpc) is 2.65. The van der Waals surface area contributed by atoms with Crippen molar-refractivity contribution in [3.05, 3.63) is 58.7 Å². The Morgan fingerprint density at radius 2 is 1.00 bits per heavy atom. The molecule has 0 amide bonds.